The Balaban J connectivity index is 3.01. The Bertz CT molecular complexity index is 684. The van der Waals surface area contributed by atoms with E-state index in [1.807, 2.05) is 45.2 Å². The van der Waals surface area contributed by atoms with E-state index in [1.54, 1.807) is 4.57 Å². The summed E-state index contributed by atoms with van der Waals surface area (Å²) in [5.41, 5.74) is 2.00. The Morgan fingerprint density at radius 3 is 2.76 bits per heavy atom. The molecule has 0 radical (unpaired) electrons. The monoisotopic (exact) mass is 225 g/mol. The maximum atomic E-state index is 12.3. The van der Waals surface area contributed by atoms with Gasteiger partial charge >= 0.3 is 0 Å². The average Bonchev–Trinajstić information content (AvgIpc) is 2.33. The number of aromatic nitrogens is 1. The number of aryl methyl sites for hydroxylation is 2. The predicted molar refractivity (Wildman–Crippen MR) is 71.2 cm³/mol. The summed E-state index contributed by atoms with van der Waals surface area (Å²) in [6.45, 7) is 6.41. The minimum Gasteiger partial charge on any atom is -0.314 e. The van der Waals surface area contributed by atoms with Gasteiger partial charge in [0.25, 0.3) is 5.56 Å². The zero-order valence-electron chi connectivity index (χ0n) is 10.4. The molecule has 0 bridgehead atoms. The number of hydrogen-bond acceptors (Lipinski definition) is 1. The van der Waals surface area contributed by atoms with Gasteiger partial charge < -0.3 is 4.57 Å². The van der Waals surface area contributed by atoms with Crippen molar-refractivity contribution in [2.24, 2.45) is 0 Å². The highest BCUT2D eigenvalue weighted by atomic mass is 16.1. The molecule has 0 aliphatic heterocycles. The Morgan fingerprint density at radius 2 is 2.12 bits per heavy atom. The number of nitrogens with zero attached hydrogens (tertiary/aromatic N) is 1. The van der Waals surface area contributed by atoms with Gasteiger partial charge in [-0.15, -0.1) is 5.92 Å². The first-order valence-corrected chi connectivity index (χ1v) is 5.74. The first-order valence-electron chi connectivity index (χ1n) is 5.74. The molecule has 0 N–H and O–H groups in total. The number of fused-ring (bicyclic) bond motifs is 1. The fourth-order valence-corrected chi connectivity index (χ4v) is 2.07. The second-order valence-corrected chi connectivity index (χ2v) is 4.01. The lowest BCUT2D eigenvalue weighted by Crippen LogP contribution is -2.20. The maximum Gasteiger partial charge on any atom is 0.258 e. The lowest BCUT2D eigenvalue weighted by atomic mass is 10.0. The van der Waals surface area contributed by atoms with Crippen molar-refractivity contribution in [3.63, 3.8) is 0 Å². The molecule has 0 aliphatic carbocycles. The number of benzene rings is 1. The van der Waals surface area contributed by atoms with Gasteiger partial charge in [0.1, 0.15) is 0 Å². The quantitative estimate of drug-likeness (QED) is 0.684. The van der Waals surface area contributed by atoms with Crippen molar-refractivity contribution in [1.29, 1.82) is 0 Å². The van der Waals surface area contributed by atoms with Crippen LogP contribution < -0.4 is 5.56 Å². The summed E-state index contributed by atoms with van der Waals surface area (Å²) in [5.74, 6) is 5.97. The highest BCUT2D eigenvalue weighted by Crippen LogP contribution is 2.18. The van der Waals surface area contributed by atoms with Crippen LogP contribution in [0.1, 0.15) is 25.0 Å². The minimum atomic E-state index is 0.0715. The molecule has 0 fully saturated rings. The van der Waals surface area contributed by atoms with Crippen molar-refractivity contribution >= 4 is 10.8 Å². The van der Waals surface area contributed by atoms with Gasteiger partial charge in [0.05, 0.1) is 5.39 Å². The molecule has 0 atom stereocenters. The van der Waals surface area contributed by atoms with Gasteiger partial charge in [-0.2, -0.15) is 0 Å². The van der Waals surface area contributed by atoms with E-state index in [-0.39, 0.29) is 5.56 Å². The van der Waals surface area contributed by atoms with Crippen LogP contribution in [-0.4, -0.2) is 4.57 Å². The Morgan fingerprint density at radius 1 is 1.35 bits per heavy atom. The van der Waals surface area contributed by atoms with Crippen molar-refractivity contribution < 1.29 is 0 Å². The SMILES string of the molecule is CC#Cc1cn(CC)c(=O)c2c(C)cccc12. The van der Waals surface area contributed by atoms with Crippen LogP contribution in [0, 0.1) is 18.8 Å². The average molecular weight is 225 g/mol. The van der Waals surface area contributed by atoms with E-state index in [4.69, 9.17) is 0 Å². The van der Waals surface area contributed by atoms with E-state index >= 15 is 0 Å². The van der Waals surface area contributed by atoms with Crippen LogP contribution in [0.2, 0.25) is 0 Å². The van der Waals surface area contributed by atoms with Gasteiger partial charge in [-0.05, 0) is 26.3 Å². The molecule has 1 aromatic heterocycles. The van der Waals surface area contributed by atoms with E-state index in [0.717, 1.165) is 21.9 Å². The lowest BCUT2D eigenvalue weighted by Gasteiger charge is -2.08. The first-order chi connectivity index (χ1) is 8.19. The minimum absolute atomic E-state index is 0.0715. The normalized spacial score (nSPS) is 10.1. The predicted octanol–water partition coefficient (Wildman–Crippen LogP) is 2.70. The molecule has 86 valence electrons. The van der Waals surface area contributed by atoms with Crippen LogP contribution in [-0.2, 0) is 6.54 Å². The summed E-state index contributed by atoms with van der Waals surface area (Å²) < 4.78 is 1.72. The number of rotatable bonds is 1. The van der Waals surface area contributed by atoms with Gasteiger partial charge in [-0.3, -0.25) is 4.79 Å². The van der Waals surface area contributed by atoms with Crippen molar-refractivity contribution in [1.82, 2.24) is 4.57 Å². The van der Waals surface area contributed by atoms with Crippen LogP contribution in [0.5, 0.6) is 0 Å². The third-order valence-corrected chi connectivity index (χ3v) is 2.92. The third kappa shape index (κ3) is 1.85. The van der Waals surface area contributed by atoms with Gasteiger partial charge in [-0.1, -0.05) is 24.1 Å². The summed E-state index contributed by atoms with van der Waals surface area (Å²) in [6.07, 6.45) is 1.85. The first kappa shape index (κ1) is 11.5. The van der Waals surface area contributed by atoms with E-state index in [1.165, 1.54) is 0 Å². The number of pyridine rings is 1. The van der Waals surface area contributed by atoms with Gasteiger partial charge in [0, 0.05) is 23.7 Å². The summed E-state index contributed by atoms with van der Waals surface area (Å²) in [4.78, 5) is 12.3. The molecule has 2 heteroatoms. The molecule has 0 spiro atoms. The second kappa shape index (κ2) is 4.47. The van der Waals surface area contributed by atoms with Gasteiger partial charge in [0.15, 0.2) is 0 Å². The van der Waals surface area contributed by atoms with E-state index in [2.05, 4.69) is 11.8 Å². The molecule has 0 saturated heterocycles. The van der Waals surface area contributed by atoms with Crippen molar-refractivity contribution in [2.75, 3.05) is 0 Å². The zero-order valence-corrected chi connectivity index (χ0v) is 10.4. The summed E-state index contributed by atoms with van der Waals surface area (Å²) in [6, 6.07) is 5.89. The van der Waals surface area contributed by atoms with Crippen LogP contribution in [0.15, 0.2) is 29.2 Å². The van der Waals surface area contributed by atoms with Crippen LogP contribution in [0.25, 0.3) is 10.8 Å². The third-order valence-electron chi connectivity index (χ3n) is 2.92. The van der Waals surface area contributed by atoms with E-state index in [9.17, 15) is 4.79 Å². The van der Waals surface area contributed by atoms with Crippen molar-refractivity contribution in [3.05, 3.63) is 45.9 Å². The van der Waals surface area contributed by atoms with E-state index < -0.39 is 0 Å². The Hall–Kier alpha value is -2.01. The summed E-state index contributed by atoms with van der Waals surface area (Å²) >= 11 is 0. The fourth-order valence-electron chi connectivity index (χ4n) is 2.07. The van der Waals surface area contributed by atoms with Crippen molar-refractivity contribution in [3.8, 4) is 11.8 Å². The molecular formula is C15H15NO. The Kier molecular flexibility index (Phi) is 3.01. The Labute approximate surface area is 101 Å². The van der Waals surface area contributed by atoms with Crippen LogP contribution >= 0.6 is 0 Å². The maximum absolute atomic E-state index is 12.3. The lowest BCUT2D eigenvalue weighted by molar-refractivity contribution is 0.733. The molecule has 0 unspecified atom stereocenters. The largest absolute Gasteiger partial charge is 0.314 e. The highest BCUT2D eigenvalue weighted by Gasteiger charge is 2.08. The second-order valence-electron chi connectivity index (χ2n) is 4.01. The molecule has 2 aromatic rings. The summed E-state index contributed by atoms with van der Waals surface area (Å²) in [5, 5.41) is 1.74. The highest BCUT2D eigenvalue weighted by molar-refractivity contribution is 5.89. The summed E-state index contributed by atoms with van der Waals surface area (Å²) in [7, 11) is 0. The molecule has 1 aromatic carbocycles. The number of hydrogen-bond donors (Lipinski definition) is 0. The fraction of sp³-hybridized carbons (Fsp3) is 0.267. The molecule has 0 aliphatic rings. The topological polar surface area (TPSA) is 22.0 Å². The molecular weight excluding hydrogens is 210 g/mol. The standard InChI is InChI=1S/C15H15NO/c1-4-7-12-10-16(5-2)15(17)14-11(3)8-6-9-13(12)14/h6,8-10H,5H2,1-3H3. The zero-order chi connectivity index (χ0) is 12.4. The molecule has 0 saturated carbocycles. The molecule has 17 heavy (non-hydrogen) atoms. The van der Waals surface area contributed by atoms with Crippen molar-refractivity contribution in [2.45, 2.75) is 27.3 Å². The molecule has 2 rings (SSSR count). The van der Waals surface area contributed by atoms with Crippen LogP contribution in [0.3, 0.4) is 0 Å². The molecule has 2 nitrogen and oxygen atoms in total. The van der Waals surface area contributed by atoms with Gasteiger partial charge in [-0.25, -0.2) is 0 Å². The van der Waals surface area contributed by atoms with E-state index in [0.29, 0.717) is 6.54 Å². The molecule has 0 amide bonds. The smallest absolute Gasteiger partial charge is 0.258 e. The van der Waals surface area contributed by atoms with Crippen LogP contribution in [0.4, 0.5) is 0 Å². The molecule has 1 heterocycles. The van der Waals surface area contributed by atoms with Gasteiger partial charge in [0.2, 0.25) is 0 Å².